The Kier molecular flexibility index (Phi) is 39.4. The van der Waals surface area contributed by atoms with Crippen molar-refractivity contribution in [2.24, 2.45) is 0 Å². The fourth-order valence-electron chi connectivity index (χ4n) is 6.19. The van der Waals surface area contributed by atoms with Gasteiger partial charge in [0.15, 0.2) is 0 Å². The molecule has 0 saturated heterocycles. The Bertz CT molecular complexity index is 1230. The highest BCUT2D eigenvalue weighted by molar-refractivity contribution is 7.45. The van der Waals surface area contributed by atoms with E-state index in [-0.39, 0.29) is 19.1 Å². The molecule has 9 heteroatoms. The van der Waals surface area contributed by atoms with Crippen molar-refractivity contribution < 1.29 is 32.9 Å². The average molecular weight is 845 g/mol. The molecule has 0 saturated carbocycles. The summed E-state index contributed by atoms with van der Waals surface area (Å²) in [5.41, 5.74) is 0. The van der Waals surface area contributed by atoms with E-state index >= 15 is 0 Å². The minimum atomic E-state index is -4.57. The highest BCUT2D eigenvalue weighted by atomic mass is 31.2. The summed E-state index contributed by atoms with van der Waals surface area (Å²) in [7, 11) is 1.27. The molecule has 2 N–H and O–H groups in total. The van der Waals surface area contributed by atoms with Gasteiger partial charge in [0.25, 0.3) is 7.82 Å². The second-order valence-electron chi connectivity index (χ2n) is 16.7. The first-order valence-electron chi connectivity index (χ1n) is 23.4. The van der Waals surface area contributed by atoms with E-state index in [1.54, 1.807) is 0 Å². The number of hydrogen-bond donors (Lipinski definition) is 2. The summed E-state index contributed by atoms with van der Waals surface area (Å²) < 4.78 is 23.2. The summed E-state index contributed by atoms with van der Waals surface area (Å²) in [4.78, 5) is 25.3. The lowest BCUT2D eigenvalue weighted by molar-refractivity contribution is -0.870. The minimum Gasteiger partial charge on any atom is -0.756 e. The normalized spacial score (nSPS) is 15.0. The number of phosphoric ester groups is 1. The van der Waals surface area contributed by atoms with Gasteiger partial charge in [-0.25, -0.2) is 0 Å². The van der Waals surface area contributed by atoms with E-state index in [0.29, 0.717) is 23.9 Å². The molecule has 0 aromatic heterocycles. The fourth-order valence-corrected chi connectivity index (χ4v) is 6.92. The molecule has 8 nitrogen and oxygen atoms in total. The topological polar surface area (TPSA) is 108 Å². The van der Waals surface area contributed by atoms with Crippen molar-refractivity contribution in [1.82, 2.24) is 5.32 Å². The van der Waals surface area contributed by atoms with Gasteiger partial charge in [-0.1, -0.05) is 182 Å². The summed E-state index contributed by atoms with van der Waals surface area (Å²) in [6.07, 6.45) is 55.9. The molecule has 0 radical (unpaired) electrons. The number of unbranched alkanes of at least 4 members (excludes halogenated alkanes) is 14. The maximum Gasteiger partial charge on any atom is 0.268 e. The molecular formula is C50H89N2O6P. The van der Waals surface area contributed by atoms with Crippen molar-refractivity contribution in [2.75, 3.05) is 40.9 Å². The Morgan fingerprint density at radius 3 is 1.51 bits per heavy atom. The van der Waals surface area contributed by atoms with Crippen LogP contribution in [0.25, 0.3) is 0 Å². The van der Waals surface area contributed by atoms with E-state index in [2.05, 4.69) is 104 Å². The molecule has 0 spiro atoms. The number of aliphatic hydroxyl groups is 1. The first-order chi connectivity index (χ1) is 28.5. The summed E-state index contributed by atoms with van der Waals surface area (Å²) in [6.45, 7) is 4.55. The number of nitrogens with zero attached hydrogens (tertiary/aromatic N) is 1. The SMILES string of the molecule is CC/C=C\C/C=C\C/C=C\C/C=C\C/C=C\C/C=C\C/C=C\CCCCCCCC(=O)NC(COP(=O)([O-])OCC[N+](C)(C)C)C(O)CCCCCCCCCCCC. The van der Waals surface area contributed by atoms with Gasteiger partial charge in [0.1, 0.15) is 13.2 Å². The molecule has 0 fully saturated rings. The lowest BCUT2D eigenvalue weighted by Gasteiger charge is -2.30. The first kappa shape index (κ1) is 56.7. The summed E-state index contributed by atoms with van der Waals surface area (Å²) in [6, 6.07) is -0.815. The summed E-state index contributed by atoms with van der Waals surface area (Å²) in [5, 5.41) is 13.9. The van der Waals surface area contributed by atoms with Crippen molar-refractivity contribution >= 4 is 13.7 Å². The number of carbonyl (C=O) groups excluding carboxylic acids is 1. The van der Waals surface area contributed by atoms with Crippen LogP contribution in [-0.4, -0.2) is 68.5 Å². The van der Waals surface area contributed by atoms with Crippen LogP contribution in [0.3, 0.4) is 0 Å². The number of amides is 1. The lowest BCUT2D eigenvalue weighted by Crippen LogP contribution is -2.46. The van der Waals surface area contributed by atoms with Gasteiger partial charge in [0, 0.05) is 6.42 Å². The molecule has 3 unspecified atom stereocenters. The summed E-state index contributed by atoms with van der Waals surface area (Å²) in [5.74, 6) is -0.190. The van der Waals surface area contributed by atoms with Gasteiger partial charge in [-0.05, 0) is 70.6 Å². The van der Waals surface area contributed by atoms with Gasteiger partial charge >= 0.3 is 0 Å². The third-order valence-electron chi connectivity index (χ3n) is 9.90. The standard InChI is InChI=1S/C50H89N2O6P/c1-6-8-10-12-14-16-18-19-20-21-22-23-24-25-26-27-28-29-30-31-32-33-34-36-38-40-42-44-50(54)51-48(47-58-59(55,56)57-46-45-52(3,4)5)49(53)43-41-39-37-35-17-15-13-11-9-7-2/h8,10,14,16,19-20,22-23,25-26,28-29,31-32,48-49,53H,6-7,9,11-13,15,17-18,21,24,27,30,33-47H2,1-5H3,(H-,51,54,55,56)/b10-8-,16-14-,20-19-,23-22-,26-25-,29-28-,32-31-. The maximum absolute atomic E-state index is 12.9. The van der Waals surface area contributed by atoms with Crippen LogP contribution < -0.4 is 10.2 Å². The average Bonchev–Trinajstić information content (AvgIpc) is 3.19. The van der Waals surface area contributed by atoms with Gasteiger partial charge in [-0.2, -0.15) is 0 Å². The van der Waals surface area contributed by atoms with E-state index in [1.165, 1.54) is 44.9 Å². The molecule has 0 aliphatic carbocycles. The number of allylic oxidation sites excluding steroid dienone is 14. The molecular weight excluding hydrogens is 756 g/mol. The van der Waals surface area contributed by atoms with Crippen LogP contribution in [-0.2, 0) is 18.4 Å². The Morgan fingerprint density at radius 1 is 0.610 bits per heavy atom. The number of likely N-dealkylation sites (N-methyl/N-ethyl adjacent to an activating group) is 1. The highest BCUT2D eigenvalue weighted by Gasteiger charge is 2.24. The Morgan fingerprint density at radius 2 is 1.03 bits per heavy atom. The second kappa shape index (κ2) is 41.1. The Hall–Kier alpha value is -2.32. The van der Waals surface area contributed by atoms with Crippen LogP contribution >= 0.6 is 7.82 Å². The fraction of sp³-hybridized carbons (Fsp3) is 0.700. The van der Waals surface area contributed by atoms with Crippen LogP contribution in [0.4, 0.5) is 0 Å². The largest absolute Gasteiger partial charge is 0.756 e. The first-order valence-corrected chi connectivity index (χ1v) is 24.9. The molecule has 1 amide bonds. The number of hydrogen-bond acceptors (Lipinski definition) is 6. The predicted molar refractivity (Wildman–Crippen MR) is 251 cm³/mol. The number of carbonyl (C=O) groups is 1. The molecule has 59 heavy (non-hydrogen) atoms. The summed E-state index contributed by atoms with van der Waals surface area (Å²) >= 11 is 0. The van der Waals surface area contributed by atoms with Crippen molar-refractivity contribution in [3.63, 3.8) is 0 Å². The monoisotopic (exact) mass is 845 g/mol. The number of aliphatic hydroxyl groups excluding tert-OH is 1. The number of nitrogens with one attached hydrogen (secondary N) is 1. The molecule has 0 aromatic carbocycles. The van der Waals surface area contributed by atoms with Crippen LogP contribution in [0.1, 0.15) is 174 Å². The van der Waals surface area contributed by atoms with Crippen LogP contribution in [0.5, 0.6) is 0 Å². The van der Waals surface area contributed by atoms with E-state index in [9.17, 15) is 19.4 Å². The zero-order valence-electron chi connectivity index (χ0n) is 38.4. The predicted octanol–water partition coefficient (Wildman–Crippen LogP) is 12.7. The zero-order valence-corrected chi connectivity index (χ0v) is 39.3. The van der Waals surface area contributed by atoms with Crippen molar-refractivity contribution in [3.8, 4) is 0 Å². The van der Waals surface area contributed by atoms with Gasteiger partial charge in [-0.3, -0.25) is 9.36 Å². The quantitative estimate of drug-likeness (QED) is 0.0275. The molecule has 0 heterocycles. The Balaban J connectivity index is 4.28. The maximum atomic E-state index is 12.9. The van der Waals surface area contributed by atoms with Crippen LogP contribution in [0.2, 0.25) is 0 Å². The van der Waals surface area contributed by atoms with Crippen molar-refractivity contribution in [3.05, 3.63) is 85.1 Å². The van der Waals surface area contributed by atoms with E-state index in [0.717, 1.165) is 103 Å². The molecule has 0 rings (SSSR count). The molecule has 340 valence electrons. The third-order valence-corrected chi connectivity index (χ3v) is 10.9. The molecule has 0 aliphatic heterocycles. The van der Waals surface area contributed by atoms with E-state index in [1.807, 2.05) is 21.1 Å². The molecule has 3 atom stereocenters. The molecule has 0 aromatic rings. The lowest BCUT2D eigenvalue weighted by atomic mass is 10.0. The smallest absolute Gasteiger partial charge is 0.268 e. The van der Waals surface area contributed by atoms with Gasteiger partial charge in [0.2, 0.25) is 5.91 Å². The number of rotatable bonds is 41. The Labute approximate surface area is 363 Å². The van der Waals surface area contributed by atoms with Gasteiger partial charge in [-0.15, -0.1) is 0 Å². The molecule has 0 bridgehead atoms. The second-order valence-corrected chi connectivity index (χ2v) is 18.1. The van der Waals surface area contributed by atoms with Gasteiger partial charge in [0.05, 0.1) is 39.9 Å². The highest BCUT2D eigenvalue weighted by Crippen LogP contribution is 2.38. The van der Waals surface area contributed by atoms with Crippen LogP contribution in [0.15, 0.2) is 85.1 Å². The van der Waals surface area contributed by atoms with Crippen molar-refractivity contribution in [1.29, 1.82) is 0 Å². The van der Waals surface area contributed by atoms with Crippen LogP contribution in [0, 0.1) is 0 Å². The molecule has 0 aliphatic rings. The number of quaternary nitrogens is 1. The van der Waals surface area contributed by atoms with Gasteiger partial charge < -0.3 is 28.8 Å². The van der Waals surface area contributed by atoms with E-state index < -0.39 is 20.0 Å². The zero-order chi connectivity index (χ0) is 43.6. The van der Waals surface area contributed by atoms with Crippen molar-refractivity contribution in [2.45, 2.75) is 187 Å². The van der Waals surface area contributed by atoms with E-state index in [4.69, 9.17) is 9.05 Å². The third kappa shape index (κ3) is 43.6. The minimum absolute atomic E-state index is 0.00305. The number of phosphoric acid groups is 1.